The fraction of sp³-hybridized carbons (Fsp3) is 0.333. The maximum Gasteiger partial charge on any atom is 0.213 e. The molecule has 0 fully saturated rings. The van der Waals surface area contributed by atoms with Crippen LogP contribution >= 0.6 is 11.6 Å². The number of halogens is 1. The number of aryl methyl sites for hydroxylation is 3. The molecule has 3 rings (SSSR count). The zero-order valence-electron chi connectivity index (χ0n) is 10.2. The van der Waals surface area contributed by atoms with E-state index in [4.69, 9.17) is 16.1 Å². The molecule has 3 aromatic rings. The molecule has 0 aliphatic heterocycles. The fourth-order valence-electron chi connectivity index (χ4n) is 2.03. The highest BCUT2D eigenvalue weighted by Gasteiger charge is 2.11. The van der Waals surface area contributed by atoms with Crippen LogP contribution in [0.25, 0.3) is 11.2 Å². The molecule has 0 radical (unpaired) electrons. The third-order valence-corrected chi connectivity index (χ3v) is 3.06. The van der Waals surface area contributed by atoms with Crippen molar-refractivity contribution >= 4 is 22.8 Å². The summed E-state index contributed by atoms with van der Waals surface area (Å²) in [7, 11) is 0. The first-order valence-corrected chi connectivity index (χ1v) is 6.53. The summed E-state index contributed by atoms with van der Waals surface area (Å²) in [5.41, 5.74) is 1.75. The van der Waals surface area contributed by atoms with Gasteiger partial charge in [-0.15, -0.1) is 11.6 Å². The molecule has 3 heterocycles. The minimum Gasteiger partial charge on any atom is -0.343 e. The molecule has 0 aliphatic rings. The lowest BCUT2D eigenvalue weighted by Gasteiger charge is -2.05. The van der Waals surface area contributed by atoms with Crippen molar-refractivity contribution in [2.24, 2.45) is 0 Å². The summed E-state index contributed by atoms with van der Waals surface area (Å²) in [5, 5.41) is 3.81. The number of pyridine rings is 1. The molecule has 0 atom stereocenters. The average molecular weight is 278 g/mol. The van der Waals surface area contributed by atoms with Gasteiger partial charge in [0.2, 0.25) is 6.39 Å². The Morgan fingerprint density at radius 3 is 3.00 bits per heavy atom. The Balaban J connectivity index is 1.92. The van der Waals surface area contributed by atoms with Crippen molar-refractivity contribution in [2.75, 3.05) is 5.88 Å². The van der Waals surface area contributed by atoms with E-state index in [1.807, 2.05) is 12.1 Å². The molecular formula is C12H12ClN5O. The van der Waals surface area contributed by atoms with Crippen molar-refractivity contribution in [1.29, 1.82) is 0 Å². The van der Waals surface area contributed by atoms with Gasteiger partial charge in [-0.25, -0.2) is 9.97 Å². The maximum atomic E-state index is 5.82. The Hall–Kier alpha value is -1.95. The Kier molecular flexibility index (Phi) is 3.41. The normalized spacial score (nSPS) is 11.2. The van der Waals surface area contributed by atoms with E-state index in [9.17, 15) is 0 Å². The summed E-state index contributed by atoms with van der Waals surface area (Å²) >= 11 is 5.82. The number of fused-ring (bicyclic) bond motifs is 1. The Labute approximate surface area is 114 Å². The molecule has 0 aromatic carbocycles. The van der Waals surface area contributed by atoms with Crippen LogP contribution in [0.4, 0.5) is 0 Å². The van der Waals surface area contributed by atoms with E-state index in [2.05, 4.69) is 24.7 Å². The molecule has 0 spiro atoms. The molecule has 0 bridgehead atoms. The zero-order chi connectivity index (χ0) is 13.1. The topological polar surface area (TPSA) is 69.6 Å². The number of hydrogen-bond acceptors (Lipinski definition) is 5. The lowest BCUT2D eigenvalue weighted by molar-refractivity contribution is 0.408. The molecule has 7 heteroatoms. The molecule has 0 aliphatic carbocycles. The molecular weight excluding hydrogens is 266 g/mol. The molecule has 6 nitrogen and oxygen atoms in total. The average Bonchev–Trinajstić information content (AvgIpc) is 3.04. The summed E-state index contributed by atoms with van der Waals surface area (Å²) in [6.07, 6.45) is 4.48. The van der Waals surface area contributed by atoms with E-state index < -0.39 is 0 Å². The van der Waals surface area contributed by atoms with Gasteiger partial charge in [-0.3, -0.25) is 0 Å². The minimum absolute atomic E-state index is 0.533. The van der Waals surface area contributed by atoms with Gasteiger partial charge in [-0.2, -0.15) is 4.98 Å². The molecule has 0 saturated carbocycles. The second kappa shape index (κ2) is 5.36. The minimum atomic E-state index is 0.533. The van der Waals surface area contributed by atoms with Crippen LogP contribution < -0.4 is 0 Å². The second-order valence-corrected chi connectivity index (χ2v) is 4.44. The van der Waals surface area contributed by atoms with Gasteiger partial charge in [0, 0.05) is 31.5 Å². The van der Waals surface area contributed by atoms with Gasteiger partial charge in [0.15, 0.2) is 11.5 Å². The number of alkyl halides is 1. The lowest BCUT2D eigenvalue weighted by Crippen LogP contribution is -2.08. The molecule has 98 valence electrons. The molecule has 0 saturated heterocycles. The Morgan fingerprint density at radius 2 is 2.21 bits per heavy atom. The quantitative estimate of drug-likeness (QED) is 0.666. The van der Waals surface area contributed by atoms with Gasteiger partial charge < -0.3 is 9.09 Å². The van der Waals surface area contributed by atoms with Gasteiger partial charge >= 0.3 is 0 Å². The van der Waals surface area contributed by atoms with Crippen LogP contribution in [-0.2, 0) is 19.4 Å². The fourth-order valence-corrected chi connectivity index (χ4v) is 2.20. The highest BCUT2D eigenvalue weighted by molar-refractivity contribution is 6.17. The summed E-state index contributed by atoms with van der Waals surface area (Å²) in [6, 6.07) is 3.83. The Bertz CT molecular complexity index is 664. The predicted molar refractivity (Wildman–Crippen MR) is 70.0 cm³/mol. The van der Waals surface area contributed by atoms with E-state index >= 15 is 0 Å². The van der Waals surface area contributed by atoms with Crippen molar-refractivity contribution in [3.63, 3.8) is 0 Å². The first-order valence-electron chi connectivity index (χ1n) is 6.00. The largest absolute Gasteiger partial charge is 0.343 e. The van der Waals surface area contributed by atoms with Crippen molar-refractivity contribution in [3.8, 4) is 0 Å². The molecule has 3 aromatic heterocycles. The second-order valence-electron chi connectivity index (χ2n) is 4.06. The smallest absolute Gasteiger partial charge is 0.213 e. The lowest BCUT2D eigenvalue weighted by atomic mass is 10.3. The van der Waals surface area contributed by atoms with Crippen molar-refractivity contribution in [3.05, 3.63) is 36.4 Å². The van der Waals surface area contributed by atoms with Crippen LogP contribution in [0.1, 0.15) is 11.6 Å². The monoisotopic (exact) mass is 277 g/mol. The summed E-state index contributed by atoms with van der Waals surface area (Å²) in [4.78, 5) is 12.9. The Morgan fingerprint density at radius 1 is 1.26 bits per heavy atom. The number of aromatic nitrogens is 5. The van der Waals surface area contributed by atoms with Crippen LogP contribution in [0, 0.1) is 0 Å². The first kappa shape index (κ1) is 12.1. The van der Waals surface area contributed by atoms with Gasteiger partial charge in [0.05, 0.1) is 0 Å². The standard InChI is InChI=1S/C12H12ClN5O/c13-5-3-11-16-9-2-1-6-14-12(9)18(11)7-4-10-15-8-19-17-10/h1-2,6,8H,3-5,7H2. The van der Waals surface area contributed by atoms with Gasteiger partial charge in [-0.1, -0.05) is 5.16 Å². The van der Waals surface area contributed by atoms with E-state index in [0.29, 0.717) is 31.1 Å². The third-order valence-electron chi connectivity index (χ3n) is 2.87. The number of hydrogen-bond donors (Lipinski definition) is 0. The molecule has 0 unspecified atom stereocenters. The summed E-state index contributed by atoms with van der Waals surface area (Å²) in [6.45, 7) is 0.708. The van der Waals surface area contributed by atoms with Gasteiger partial charge in [0.25, 0.3) is 0 Å². The van der Waals surface area contributed by atoms with Crippen LogP contribution in [0.15, 0.2) is 29.2 Å². The van der Waals surface area contributed by atoms with E-state index in [-0.39, 0.29) is 0 Å². The van der Waals surface area contributed by atoms with E-state index in [1.165, 1.54) is 6.39 Å². The number of imidazole rings is 1. The molecule has 19 heavy (non-hydrogen) atoms. The maximum absolute atomic E-state index is 5.82. The van der Waals surface area contributed by atoms with Gasteiger partial charge in [0.1, 0.15) is 11.3 Å². The van der Waals surface area contributed by atoms with Crippen LogP contribution in [-0.4, -0.2) is 30.6 Å². The molecule has 0 amide bonds. The van der Waals surface area contributed by atoms with E-state index in [0.717, 1.165) is 17.0 Å². The third kappa shape index (κ3) is 2.44. The van der Waals surface area contributed by atoms with Crippen LogP contribution in [0.2, 0.25) is 0 Å². The summed E-state index contributed by atoms with van der Waals surface area (Å²) in [5.74, 6) is 2.15. The van der Waals surface area contributed by atoms with Crippen molar-refractivity contribution in [2.45, 2.75) is 19.4 Å². The zero-order valence-corrected chi connectivity index (χ0v) is 10.9. The van der Waals surface area contributed by atoms with Crippen molar-refractivity contribution in [1.82, 2.24) is 24.7 Å². The van der Waals surface area contributed by atoms with Crippen LogP contribution in [0.3, 0.4) is 0 Å². The first-order chi connectivity index (χ1) is 9.38. The highest BCUT2D eigenvalue weighted by atomic mass is 35.5. The van der Waals surface area contributed by atoms with Gasteiger partial charge in [-0.05, 0) is 12.1 Å². The van der Waals surface area contributed by atoms with E-state index in [1.54, 1.807) is 6.20 Å². The molecule has 0 N–H and O–H groups in total. The summed E-state index contributed by atoms with van der Waals surface area (Å²) < 4.78 is 6.79. The van der Waals surface area contributed by atoms with Crippen LogP contribution in [0.5, 0.6) is 0 Å². The van der Waals surface area contributed by atoms with Crippen molar-refractivity contribution < 1.29 is 4.52 Å². The number of nitrogens with zero attached hydrogens (tertiary/aromatic N) is 5. The predicted octanol–water partition coefficient (Wildman–Crippen LogP) is 1.84. The SMILES string of the molecule is ClCCc1nc2cccnc2n1CCc1ncon1. The number of rotatable bonds is 5. The highest BCUT2D eigenvalue weighted by Crippen LogP contribution is 2.15.